The van der Waals surface area contributed by atoms with Gasteiger partial charge in [0.2, 0.25) is 0 Å². The summed E-state index contributed by atoms with van der Waals surface area (Å²) in [5, 5.41) is 0. The first-order chi connectivity index (χ1) is 12.9. The van der Waals surface area contributed by atoms with Crippen molar-refractivity contribution in [1.29, 1.82) is 0 Å². The van der Waals surface area contributed by atoms with Crippen molar-refractivity contribution in [3.8, 4) is 5.75 Å². The molecule has 0 radical (unpaired) electrons. The number of ether oxygens (including phenoxy) is 2. The van der Waals surface area contributed by atoms with Crippen LogP contribution in [0, 0.1) is 13.8 Å². The molecule has 0 bridgehead atoms. The second-order valence-electron chi connectivity index (χ2n) is 7.00. The summed E-state index contributed by atoms with van der Waals surface area (Å²) in [6.45, 7) is 8.95. The number of hydrogen-bond acceptors (Lipinski definition) is 3. The maximum atomic E-state index is 12.5. The Labute approximate surface area is 162 Å². The molecule has 2 rings (SSSR count). The van der Waals surface area contributed by atoms with Crippen LogP contribution in [0.3, 0.4) is 0 Å². The zero-order valence-electron chi connectivity index (χ0n) is 16.9. The standard InChI is InChI=1S/C23H31NO3/c1-5-13-23(22(24)25,27-14-6-2)20-10-8-7-9-19(20)16-26-21-15-17(3)11-12-18(21)4/h7-12,15H,5-6,13-14,16H2,1-4H3,(H2,24,25). The first-order valence-corrected chi connectivity index (χ1v) is 9.67. The minimum absolute atomic E-state index is 0.356. The topological polar surface area (TPSA) is 61.5 Å². The number of carbonyl (C=O) groups excluding carboxylic acids is 1. The van der Waals surface area contributed by atoms with E-state index in [4.69, 9.17) is 15.2 Å². The second-order valence-corrected chi connectivity index (χ2v) is 7.00. The van der Waals surface area contributed by atoms with Gasteiger partial charge in [-0.15, -0.1) is 0 Å². The third kappa shape index (κ3) is 4.89. The highest BCUT2D eigenvalue weighted by atomic mass is 16.5. The molecule has 0 spiro atoms. The van der Waals surface area contributed by atoms with Crippen molar-refractivity contribution in [2.75, 3.05) is 6.61 Å². The third-order valence-corrected chi connectivity index (χ3v) is 4.73. The highest BCUT2D eigenvalue weighted by molar-refractivity contribution is 5.85. The minimum atomic E-state index is -1.12. The van der Waals surface area contributed by atoms with Gasteiger partial charge in [0.25, 0.3) is 5.91 Å². The first-order valence-electron chi connectivity index (χ1n) is 9.67. The number of benzene rings is 2. The largest absolute Gasteiger partial charge is 0.489 e. The number of carbonyl (C=O) groups is 1. The van der Waals surface area contributed by atoms with E-state index in [1.807, 2.05) is 64.1 Å². The molecule has 0 aliphatic heterocycles. The van der Waals surface area contributed by atoms with Crippen LogP contribution >= 0.6 is 0 Å². The molecule has 4 nitrogen and oxygen atoms in total. The summed E-state index contributed by atoms with van der Waals surface area (Å²) in [7, 11) is 0. The quantitative estimate of drug-likeness (QED) is 0.655. The van der Waals surface area contributed by atoms with Gasteiger partial charge in [0, 0.05) is 6.61 Å². The highest BCUT2D eigenvalue weighted by Crippen LogP contribution is 2.34. The molecular formula is C23H31NO3. The van der Waals surface area contributed by atoms with Crippen molar-refractivity contribution in [1.82, 2.24) is 0 Å². The van der Waals surface area contributed by atoms with Crippen molar-refractivity contribution < 1.29 is 14.3 Å². The summed E-state index contributed by atoms with van der Waals surface area (Å²) in [5.74, 6) is 0.399. The Morgan fingerprint density at radius 2 is 1.81 bits per heavy atom. The fourth-order valence-corrected chi connectivity index (χ4v) is 3.30. The van der Waals surface area contributed by atoms with Crippen LogP contribution < -0.4 is 10.5 Å². The zero-order chi connectivity index (χ0) is 19.9. The lowest BCUT2D eigenvalue weighted by molar-refractivity contribution is -0.147. The van der Waals surface area contributed by atoms with Gasteiger partial charge in [-0.3, -0.25) is 4.79 Å². The van der Waals surface area contributed by atoms with Gasteiger partial charge in [0.15, 0.2) is 5.60 Å². The number of primary amides is 1. The van der Waals surface area contributed by atoms with Gasteiger partial charge in [0.05, 0.1) is 0 Å². The summed E-state index contributed by atoms with van der Waals surface area (Å²) >= 11 is 0. The van der Waals surface area contributed by atoms with Crippen molar-refractivity contribution in [3.63, 3.8) is 0 Å². The van der Waals surface area contributed by atoms with Gasteiger partial charge in [-0.05, 0) is 55.0 Å². The number of aryl methyl sites for hydroxylation is 2. The molecule has 0 aliphatic carbocycles. The molecule has 0 heterocycles. The summed E-state index contributed by atoms with van der Waals surface area (Å²) < 4.78 is 12.2. The fourth-order valence-electron chi connectivity index (χ4n) is 3.30. The van der Waals surface area contributed by atoms with Crippen LogP contribution in [0.15, 0.2) is 42.5 Å². The van der Waals surface area contributed by atoms with E-state index in [-0.39, 0.29) is 0 Å². The molecule has 2 aromatic rings. The summed E-state index contributed by atoms with van der Waals surface area (Å²) in [6.07, 6.45) is 2.15. The molecule has 2 aromatic carbocycles. The molecule has 0 saturated heterocycles. The molecule has 1 amide bonds. The van der Waals surface area contributed by atoms with Crippen molar-refractivity contribution in [3.05, 3.63) is 64.7 Å². The molecule has 0 saturated carbocycles. The van der Waals surface area contributed by atoms with Crippen LogP contribution in [0.5, 0.6) is 5.75 Å². The van der Waals surface area contributed by atoms with Crippen LogP contribution in [0.25, 0.3) is 0 Å². The van der Waals surface area contributed by atoms with Gasteiger partial charge in [0.1, 0.15) is 12.4 Å². The van der Waals surface area contributed by atoms with E-state index in [9.17, 15) is 4.79 Å². The maximum absolute atomic E-state index is 12.5. The number of nitrogens with two attached hydrogens (primary N) is 1. The van der Waals surface area contributed by atoms with E-state index in [2.05, 4.69) is 6.07 Å². The van der Waals surface area contributed by atoms with E-state index < -0.39 is 11.5 Å². The SMILES string of the molecule is CCCOC(CCC)(C(N)=O)c1ccccc1COc1cc(C)ccc1C. The maximum Gasteiger partial charge on any atom is 0.254 e. The number of hydrogen-bond donors (Lipinski definition) is 1. The van der Waals surface area contributed by atoms with E-state index in [0.717, 1.165) is 40.8 Å². The molecule has 2 N–H and O–H groups in total. The lowest BCUT2D eigenvalue weighted by Gasteiger charge is -2.33. The second kappa shape index (κ2) is 9.56. The van der Waals surface area contributed by atoms with Crippen molar-refractivity contribution in [2.24, 2.45) is 5.73 Å². The molecule has 1 atom stereocenters. The van der Waals surface area contributed by atoms with Crippen molar-refractivity contribution in [2.45, 2.75) is 59.2 Å². The van der Waals surface area contributed by atoms with Crippen LogP contribution in [0.2, 0.25) is 0 Å². The Morgan fingerprint density at radius 1 is 1.07 bits per heavy atom. The fraction of sp³-hybridized carbons (Fsp3) is 0.435. The van der Waals surface area contributed by atoms with Gasteiger partial charge in [-0.2, -0.15) is 0 Å². The van der Waals surface area contributed by atoms with Crippen molar-refractivity contribution >= 4 is 5.91 Å². The third-order valence-electron chi connectivity index (χ3n) is 4.73. The Bertz CT molecular complexity index is 772. The molecule has 27 heavy (non-hydrogen) atoms. The number of rotatable bonds is 10. The molecule has 146 valence electrons. The van der Waals surface area contributed by atoms with Gasteiger partial charge < -0.3 is 15.2 Å². The monoisotopic (exact) mass is 369 g/mol. The normalized spacial score (nSPS) is 13.2. The number of amides is 1. The average molecular weight is 370 g/mol. The Kier molecular flexibility index (Phi) is 7.43. The Balaban J connectivity index is 2.39. The molecular weight excluding hydrogens is 338 g/mol. The highest BCUT2D eigenvalue weighted by Gasteiger charge is 2.40. The van der Waals surface area contributed by atoms with E-state index in [0.29, 0.717) is 19.6 Å². The van der Waals surface area contributed by atoms with Gasteiger partial charge in [-0.25, -0.2) is 0 Å². The molecule has 0 aromatic heterocycles. The van der Waals surface area contributed by atoms with Crippen LogP contribution in [-0.4, -0.2) is 12.5 Å². The molecule has 4 heteroatoms. The van der Waals surface area contributed by atoms with E-state index >= 15 is 0 Å². The molecule has 1 unspecified atom stereocenters. The van der Waals surface area contributed by atoms with E-state index in [1.54, 1.807) is 0 Å². The van der Waals surface area contributed by atoms with Gasteiger partial charge >= 0.3 is 0 Å². The summed E-state index contributed by atoms with van der Waals surface area (Å²) in [5.41, 5.74) is 8.67. The van der Waals surface area contributed by atoms with E-state index in [1.165, 1.54) is 0 Å². The minimum Gasteiger partial charge on any atom is -0.489 e. The van der Waals surface area contributed by atoms with Gasteiger partial charge in [-0.1, -0.05) is 56.7 Å². The van der Waals surface area contributed by atoms with Crippen LogP contribution in [-0.2, 0) is 21.7 Å². The smallest absolute Gasteiger partial charge is 0.254 e. The first kappa shape index (κ1) is 21.0. The molecule has 0 fully saturated rings. The summed E-state index contributed by atoms with van der Waals surface area (Å²) in [4.78, 5) is 12.5. The summed E-state index contributed by atoms with van der Waals surface area (Å²) in [6, 6.07) is 13.9. The predicted molar refractivity (Wildman–Crippen MR) is 109 cm³/mol. The lowest BCUT2D eigenvalue weighted by Crippen LogP contribution is -2.44. The zero-order valence-corrected chi connectivity index (χ0v) is 16.9. The average Bonchev–Trinajstić information content (AvgIpc) is 2.66. The Morgan fingerprint density at radius 3 is 2.48 bits per heavy atom. The lowest BCUT2D eigenvalue weighted by atomic mass is 9.85. The van der Waals surface area contributed by atoms with Crippen LogP contribution in [0.4, 0.5) is 0 Å². The molecule has 0 aliphatic rings. The Hall–Kier alpha value is -2.33. The predicted octanol–water partition coefficient (Wildman–Crippen LogP) is 4.79. The van der Waals surface area contributed by atoms with Crippen LogP contribution in [0.1, 0.15) is 55.4 Å².